The smallest absolute Gasteiger partial charge is 0.0889 e. The number of hydrogen-bond acceptors (Lipinski definition) is 1. The SMILES string of the molecule is CC(C)c1cccc(C(C)C)c1[N]C=C=Nc1c(C(C)C)cccc1C(C)C. The molecule has 2 rings (SSSR count). The Labute approximate surface area is 171 Å². The Morgan fingerprint density at radius 2 is 0.964 bits per heavy atom. The first kappa shape index (κ1) is 22.0. The fourth-order valence-corrected chi connectivity index (χ4v) is 3.49. The summed E-state index contributed by atoms with van der Waals surface area (Å²) in [5, 5.41) is 4.78. The zero-order valence-electron chi connectivity index (χ0n) is 18.7. The van der Waals surface area contributed by atoms with Crippen LogP contribution in [0.1, 0.15) is 101 Å². The predicted octanol–water partition coefficient (Wildman–Crippen LogP) is 7.93. The molecule has 0 unspecified atom stereocenters. The monoisotopic (exact) mass is 375 g/mol. The van der Waals surface area contributed by atoms with Crippen molar-refractivity contribution >= 4 is 17.2 Å². The van der Waals surface area contributed by atoms with Crippen LogP contribution in [-0.4, -0.2) is 5.87 Å². The molecule has 2 aromatic carbocycles. The maximum atomic E-state index is 4.78. The fourth-order valence-electron chi connectivity index (χ4n) is 3.49. The topological polar surface area (TPSA) is 26.5 Å². The molecular weight excluding hydrogens is 340 g/mol. The number of para-hydroxylation sites is 2. The molecule has 0 saturated heterocycles. The van der Waals surface area contributed by atoms with Gasteiger partial charge in [0.2, 0.25) is 0 Å². The maximum absolute atomic E-state index is 4.78. The first-order valence-corrected chi connectivity index (χ1v) is 10.5. The lowest BCUT2D eigenvalue weighted by Crippen LogP contribution is -2.02. The molecule has 0 aliphatic rings. The highest BCUT2D eigenvalue weighted by Crippen LogP contribution is 2.35. The first-order valence-electron chi connectivity index (χ1n) is 10.5. The van der Waals surface area contributed by atoms with Crippen LogP contribution in [0.5, 0.6) is 0 Å². The summed E-state index contributed by atoms with van der Waals surface area (Å²) in [6.07, 6.45) is 1.73. The zero-order valence-corrected chi connectivity index (χ0v) is 18.7. The van der Waals surface area contributed by atoms with Gasteiger partial charge in [0.15, 0.2) is 0 Å². The quantitative estimate of drug-likeness (QED) is 0.439. The number of aliphatic imine (C=N–C) groups is 1. The van der Waals surface area contributed by atoms with Gasteiger partial charge in [-0.05, 0) is 45.9 Å². The molecule has 0 spiro atoms. The Kier molecular flexibility index (Phi) is 7.66. The van der Waals surface area contributed by atoms with Gasteiger partial charge < -0.3 is 0 Å². The maximum Gasteiger partial charge on any atom is 0.0889 e. The van der Waals surface area contributed by atoms with E-state index in [9.17, 15) is 0 Å². The van der Waals surface area contributed by atoms with Crippen LogP contribution in [0.15, 0.2) is 47.6 Å². The van der Waals surface area contributed by atoms with Gasteiger partial charge in [-0.1, -0.05) is 91.8 Å². The van der Waals surface area contributed by atoms with Crippen LogP contribution in [0.4, 0.5) is 11.4 Å². The van der Waals surface area contributed by atoms with E-state index in [-0.39, 0.29) is 0 Å². The number of nitrogens with zero attached hydrogens (tertiary/aromatic N) is 2. The summed E-state index contributed by atoms with van der Waals surface area (Å²) < 4.78 is 0. The third-order valence-corrected chi connectivity index (χ3v) is 5.11. The van der Waals surface area contributed by atoms with Crippen LogP contribution >= 0.6 is 0 Å². The van der Waals surface area contributed by atoms with E-state index in [1.807, 2.05) is 0 Å². The van der Waals surface area contributed by atoms with Gasteiger partial charge in [-0.2, -0.15) is 0 Å². The molecule has 2 nitrogen and oxygen atoms in total. The van der Waals surface area contributed by atoms with E-state index in [0.29, 0.717) is 23.7 Å². The van der Waals surface area contributed by atoms with Crippen molar-refractivity contribution in [1.82, 2.24) is 5.32 Å². The second-order valence-electron chi connectivity index (χ2n) is 8.69. The van der Waals surface area contributed by atoms with Crippen LogP contribution in [-0.2, 0) is 0 Å². The van der Waals surface area contributed by atoms with Gasteiger partial charge in [-0.15, -0.1) is 0 Å². The van der Waals surface area contributed by atoms with Crippen molar-refractivity contribution in [2.45, 2.75) is 79.1 Å². The Morgan fingerprint density at radius 1 is 0.607 bits per heavy atom. The molecule has 0 atom stereocenters. The van der Waals surface area contributed by atoms with Gasteiger partial charge in [-0.25, -0.2) is 10.3 Å². The number of rotatable bonds is 7. The predicted molar refractivity (Wildman–Crippen MR) is 123 cm³/mol. The van der Waals surface area contributed by atoms with E-state index in [1.54, 1.807) is 6.20 Å². The minimum atomic E-state index is 0.422. The molecule has 0 fully saturated rings. The van der Waals surface area contributed by atoms with Crippen LogP contribution in [0, 0.1) is 0 Å². The molecular formula is C26H35N2. The van der Waals surface area contributed by atoms with Crippen LogP contribution in [0.3, 0.4) is 0 Å². The molecule has 2 heteroatoms. The zero-order chi connectivity index (χ0) is 20.8. The fraction of sp³-hybridized carbons (Fsp3) is 0.462. The standard InChI is InChI=1S/C26H35N2/c1-17(2)21-11-9-12-22(18(3)4)25(21)27-15-16-28-26-23(19(5)6)13-10-14-24(26)20(7)8/h9-15,17-20H,1-8H3. The summed E-state index contributed by atoms with van der Waals surface area (Å²) >= 11 is 0. The van der Waals surface area contributed by atoms with E-state index in [4.69, 9.17) is 10.3 Å². The molecule has 0 bridgehead atoms. The summed E-state index contributed by atoms with van der Waals surface area (Å²) in [5.41, 5.74) is 7.18. The molecule has 0 aliphatic heterocycles. The minimum absolute atomic E-state index is 0.422. The van der Waals surface area contributed by atoms with Crippen molar-refractivity contribution in [3.63, 3.8) is 0 Å². The van der Waals surface area contributed by atoms with Crippen molar-refractivity contribution in [2.24, 2.45) is 4.99 Å². The molecule has 2 aromatic rings. The highest BCUT2D eigenvalue weighted by Gasteiger charge is 2.14. The van der Waals surface area contributed by atoms with Crippen molar-refractivity contribution in [3.8, 4) is 0 Å². The van der Waals surface area contributed by atoms with Crippen molar-refractivity contribution in [1.29, 1.82) is 0 Å². The van der Waals surface area contributed by atoms with Crippen molar-refractivity contribution < 1.29 is 0 Å². The van der Waals surface area contributed by atoms with Crippen molar-refractivity contribution in [2.75, 3.05) is 0 Å². The van der Waals surface area contributed by atoms with E-state index in [1.165, 1.54) is 22.3 Å². The average molecular weight is 376 g/mol. The molecule has 0 heterocycles. The van der Waals surface area contributed by atoms with Gasteiger partial charge in [0, 0.05) is 5.87 Å². The van der Waals surface area contributed by atoms with Crippen LogP contribution in [0.2, 0.25) is 0 Å². The lowest BCUT2D eigenvalue weighted by Gasteiger charge is -2.17. The molecule has 0 aromatic heterocycles. The normalized spacial score (nSPS) is 11.3. The third kappa shape index (κ3) is 5.14. The molecule has 0 amide bonds. The van der Waals surface area contributed by atoms with E-state index in [2.05, 4.69) is 97.7 Å². The third-order valence-electron chi connectivity index (χ3n) is 5.11. The summed E-state index contributed by atoms with van der Waals surface area (Å²) in [4.78, 5) is 4.71. The molecule has 0 saturated carbocycles. The first-order chi connectivity index (χ1) is 13.2. The average Bonchev–Trinajstić information content (AvgIpc) is 2.64. The van der Waals surface area contributed by atoms with Gasteiger partial charge in [0.25, 0.3) is 0 Å². The van der Waals surface area contributed by atoms with Gasteiger partial charge >= 0.3 is 0 Å². The molecule has 0 N–H and O–H groups in total. The number of benzene rings is 2. The van der Waals surface area contributed by atoms with E-state index < -0.39 is 0 Å². The Morgan fingerprint density at radius 3 is 1.32 bits per heavy atom. The van der Waals surface area contributed by atoms with E-state index >= 15 is 0 Å². The minimum Gasteiger partial charge on any atom is -0.246 e. The summed E-state index contributed by atoms with van der Waals surface area (Å²) in [6, 6.07) is 12.9. The second kappa shape index (κ2) is 9.75. The Balaban J connectivity index is 2.43. The van der Waals surface area contributed by atoms with Gasteiger partial charge in [-0.3, -0.25) is 0 Å². The summed E-state index contributed by atoms with van der Waals surface area (Å²) in [5.74, 6) is 4.81. The lowest BCUT2D eigenvalue weighted by atomic mass is 9.93. The summed E-state index contributed by atoms with van der Waals surface area (Å²) in [6.45, 7) is 17.7. The van der Waals surface area contributed by atoms with Crippen molar-refractivity contribution in [3.05, 3.63) is 64.9 Å². The van der Waals surface area contributed by atoms with Crippen LogP contribution in [0.25, 0.3) is 0 Å². The molecule has 28 heavy (non-hydrogen) atoms. The van der Waals surface area contributed by atoms with Gasteiger partial charge in [0.05, 0.1) is 17.6 Å². The molecule has 0 aliphatic carbocycles. The molecule has 1 radical (unpaired) electrons. The highest BCUT2D eigenvalue weighted by molar-refractivity contribution is 5.66. The highest BCUT2D eigenvalue weighted by atomic mass is 14.9. The Bertz CT molecular complexity index is 798. The second-order valence-corrected chi connectivity index (χ2v) is 8.69. The summed E-state index contributed by atoms with van der Waals surface area (Å²) in [7, 11) is 0. The Hall–Kier alpha value is -2.31. The largest absolute Gasteiger partial charge is 0.246 e. The van der Waals surface area contributed by atoms with E-state index in [0.717, 1.165) is 11.4 Å². The molecule has 149 valence electrons. The lowest BCUT2D eigenvalue weighted by molar-refractivity contribution is 0.821. The van der Waals surface area contributed by atoms with Gasteiger partial charge in [0.1, 0.15) is 0 Å². The van der Waals surface area contributed by atoms with Crippen LogP contribution < -0.4 is 5.32 Å². The number of hydrogen-bond donors (Lipinski definition) is 0.